The summed E-state index contributed by atoms with van der Waals surface area (Å²) in [6.45, 7) is 16.5. The van der Waals surface area contributed by atoms with Crippen LogP contribution in [0.15, 0.2) is 218 Å². The van der Waals surface area contributed by atoms with Crippen LogP contribution in [0.2, 0.25) is 0 Å². The molecule has 0 unspecified atom stereocenters. The summed E-state index contributed by atoms with van der Waals surface area (Å²) in [4.78, 5) is 4.76. The molecule has 0 spiro atoms. The third-order valence-corrected chi connectivity index (χ3v) is 14.6. The summed E-state index contributed by atoms with van der Waals surface area (Å²) < 4.78 is 126. The Bertz CT molecular complexity index is 4910. The molecule has 0 aliphatic rings. The fourth-order valence-electron chi connectivity index (χ4n) is 10.3. The number of benzene rings is 9. The molecule has 0 saturated heterocycles. The lowest BCUT2D eigenvalue weighted by atomic mass is 9.81. The molecule has 0 atom stereocenters. The second-order valence-electron chi connectivity index (χ2n) is 23.0. The zero-order valence-corrected chi connectivity index (χ0v) is 45.2. The molecule has 0 saturated carbocycles. The van der Waals surface area contributed by atoms with Gasteiger partial charge in [-0.3, -0.25) is 13.7 Å². The number of fused-ring (bicyclic) bond motifs is 4. The van der Waals surface area contributed by atoms with Gasteiger partial charge in [0.1, 0.15) is 17.3 Å². The molecule has 3 aromatic heterocycles. The van der Waals surface area contributed by atoms with E-state index >= 15 is 0 Å². The average Bonchev–Trinajstić information content (AvgIpc) is 1.73. The van der Waals surface area contributed by atoms with Crippen LogP contribution in [0.3, 0.4) is 0 Å². The molecular weight excluding hydrogens is 949 g/mol. The number of hydrogen-bond acceptors (Lipinski definition) is 2. The lowest BCUT2D eigenvalue weighted by Gasteiger charge is -2.26. The van der Waals surface area contributed by atoms with Crippen LogP contribution < -0.4 is 9.30 Å². The minimum atomic E-state index is -2.79. The lowest BCUT2D eigenvalue weighted by molar-refractivity contribution is -0.571. The second kappa shape index (κ2) is 19.3. The van der Waals surface area contributed by atoms with E-state index in [4.69, 9.17) is 24.8 Å². The Kier molecular flexibility index (Phi) is 9.19. The first kappa shape index (κ1) is 37.1. The molecule has 0 radical (unpaired) electrons. The number of imidazole rings is 1. The first-order chi connectivity index (χ1) is 42.8. The third kappa shape index (κ3) is 9.38. The first-order valence-corrected chi connectivity index (χ1v) is 26.2. The van der Waals surface area contributed by atoms with E-state index in [2.05, 4.69) is 129 Å². The molecule has 12 rings (SSSR count). The normalized spacial score (nSPS) is 14.8. The van der Waals surface area contributed by atoms with Gasteiger partial charge in [-0.25, -0.2) is 4.98 Å². The quantitative estimate of drug-likeness (QED) is 0.107. The number of hydrogen-bond donors (Lipinski definition) is 0. The standard InChI is InChI=1S/C73H66N4O/c1-48-39-69(74-46-64(48)51-23-15-12-16-24-51)77-65-30-18-17-29-60(65)61-37-36-59(45-67(61)77)78-58-28-20-27-57(44-58)75-47-76(66-38-33-52(41-68(66)75)49-31-34-54(35-32-49)71(2,3)4)70-62(50-21-13-11-14-22-50)42-56(73(8,9)10)43-63(70)53-25-19-26-55(40-53)72(5,6)7/h11-46H,1-10H3/i1D3,11D,12D,13D,14D,15D,16D,21D,22D,23D,24D. The molecular formula is C73H66N4O. The number of rotatable bonds is 9. The van der Waals surface area contributed by atoms with E-state index in [0.29, 0.717) is 45.0 Å². The summed E-state index contributed by atoms with van der Waals surface area (Å²) >= 11 is 0. The Morgan fingerprint density at radius 3 is 1.83 bits per heavy atom. The summed E-state index contributed by atoms with van der Waals surface area (Å²) in [5.41, 5.74) is 9.83. The Hall–Kier alpha value is -8.80. The second-order valence-corrected chi connectivity index (χ2v) is 23.0. The highest BCUT2D eigenvalue weighted by Crippen LogP contribution is 2.42. The van der Waals surface area contributed by atoms with Gasteiger partial charge in [0, 0.05) is 32.7 Å². The molecule has 12 aromatic rings. The van der Waals surface area contributed by atoms with Crippen LogP contribution in [0.4, 0.5) is 0 Å². The maximum absolute atomic E-state index is 9.51. The molecule has 0 amide bonds. The highest BCUT2D eigenvalue weighted by molar-refractivity contribution is 6.09. The smallest absolute Gasteiger partial charge is 0.269 e. The molecule has 0 N–H and O–H groups in total. The molecule has 5 heteroatoms. The van der Waals surface area contributed by atoms with Crippen molar-refractivity contribution in [1.29, 1.82) is 0 Å². The van der Waals surface area contributed by atoms with Crippen LogP contribution in [0, 0.1) is 13.2 Å². The lowest BCUT2D eigenvalue weighted by Crippen LogP contribution is -2.32. The maximum atomic E-state index is 9.51. The Labute approximate surface area is 478 Å². The molecule has 0 aliphatic heterocycles. The van der Waals surface area contributed by atoms with E-state index in [0.717, 1.165) is 49.7 Å². The van der Waals surface area contributed by atoms with Crippen LogP contribution in [0.5, 0.6) is 11.5 Å². The average molecular weight is 1030 g/mol. The molecule has 0 bridgehead atoms. The molecule has 78 heavy (non-hydrogen) atoms. The Morgan fingerprint density at radius 2 is 1.13 bits per heavy atom. The van der Waals surface area contributed by atoms with Gasteiger partial charge in [-0.2, -0.15) is 0 Å². The van der Waals surface area contributed by atoms with Crippen molar-refractivity contribution in [3.63, 3.8) is 0 Å². The molecule has 0 aliphatic carbocycles. The highest BCUT2D eigenvalue weighted by Gasteiger charge is 2.26. The number of pyridine rings is 1. The monoisotopic (exact) mass is 1030 g/mol. The van der Waals surface area contributed by atoms with Crippen LogP contribution in [0.1, 0.15) is 102 Å². The van der Waals surface area contributed by atoms with Crippen LogP contribution in [-0.2, 0) is 16.2 Å². The predicted molar refractivity (Wildman–Crippen MR) is 325 cm³/mol. The first-order valence-electron chi connectivity index (χ1n) is 32.7. The molecule has 9 aromatic carbocycles. The van der Waals surface area contributed by atoms with Gasteiger partial charge in [0.25, 0.3) is 6.33 Å². The minimum absolute atomic E-state index is 0.0583. The van der Waals surface area contributed by atoms with Gasteiger partial charge in [-0.05, 0) is 133 Å². The van der Waals surface area contributed by atoms with E-state index in [-0.39, 0.29) is 51.0 Å². The van der Waals surface area contributed by atoms with E-state index in [1.807, 2.05) is 98.6 Å². The molecule has 0 fully saturated rings. The van der Waals surface area contributed by atoms with Crippen molar-refractivity contribution in [2.75, 3.05) is 0 Å². The molecule has 3 heterocycles. The summed E-state index contributed by atoms with van der Waals surface area (Å²) in [6, 6.07) is 44.6. The summed E-state index contributed by atoms with van der Waals surface area (Å²) in [7, 11) is 0. The van der Waals surface area contributed by atoms with Gasteiger partial charge in [0.15, 0.2) is 0 Å². The van der Waals surface area contributed by atoms with Gasteiger partial charge in [0.05, 0.1) is 47.1 Å². The van der Waals surface area contributed by atoms with Gasteiger partial charge in [0.2, 0.25) is 0 Å². The number of ether oxygens (including phenoxy) is 1. The van der Waals surface area contributed by atoms with E-state index < -0.39 is 60.6 Å². The number of nitrogens with zero attached hydrogens (tertiary/aromatic N) is 4. The minimum Gasteiger partial charge on any atom is -0.458 e. The Balaban J connectivity index is 1.06. The van der Waals surface area contributed by atoms with Crippen LogP contribution >= 0.6 is 0 Å². The van der Waals surface area contributed by atoms with Crippen molar-refractivity contribution in [2.24, 2.45) is 0 Å². The van der Waals surface area contributed by atoms with Gasteiger partial charge >= 0.3 is 0 Å². The summed E-state index contributed by atoms with van der Waals surface area (Å²) in [5.74, 6) is 1.10. The van der Waals surface area contributed by atoms with Gasteiger partial charge < -0.3 is 4.74 Å². The zero-order chi connectivity index (χ0) is 65.3. The number of aryl methyl sites for hydroxylation is 1. The molecule has 384 valence electrons. The highest BCUT2D eigenvalue weighted by atomic mass is 16.5. The number of para-hydroxylation sites is 1. The van der Waals surface area contributed by atoms with Crippen molar-refractivity contribution in [1.82, 2.24) is 14.1 Å². The topological polar surface area (TPSA) is 35.9 Å². The van der Waals surface area contributed by atoms with Crippen molar-refractivity contribution in [3.05, 3.63) is 247 Å². The summed E-state index contributed by atoms with van der Waals surface area (Å²) in [6.07, 6.45) is 5.02. The fourth-order valence-corrected chi connectivity index (χ4v) is 10.3. The van der Waals surface area contributed by atoms with Gasteiger partial charge in [-0.15, -0.1) is 0 Å². The van der Waals surface area contributed by atoms with Crippen LogP contribution in [-0.4, -0.2) is 14.1 Å². The largest absolute Gasteiger partial charge is 0.458 e. The summed E-state index contributed by atoms with van der Waals surface area (Å²) in [5, 5.41) is 1.66. The zero-order valence-electron chi connectivity index (χ0n) is 58.2. The fraction of sp³-hybridized carbons (Fsp3) is 0.178. The van der Waals surface area contributed by atoms with Crippen molar-refractivity contribution < 1.29 is 27.1 Å². The third-order valence-electron chi connectivity index (χ3n) is 14.6. The SMILES string of the molecule is [2H]c1c([2H])c([2H])c(-c2cnc(-n3c4ccccc4c4ccc(Oc5cccc(-n6[c-][n+](-c7c(-c8cccc(C(C)(C)C)c8)cc(C(C)(C)C)cc7-c7c([2H])c([2H])c([2H])c([2H])c7[2H])c7ccc(-c8ccc(C(C)(C)C)cc8)cc76)c5)cc43)cc2C([2H])([2H])[2H])c([2H])c1[2H]. The Morgan fingerprint density at radius 1 is 0.487 bits per heavy atom. The van der Waals surface area contributed by atoms with E-state index in [9.17, 15) is 2.74 Å². The van der Waals surface area contributed by atoms with E-state index in [1.54, 1.807) is 0 Å². The predicted octanol–water partition coefficient (Wildman–Crippen LogP) is 18.9. The van der Waals surface area contributed by atoms with Crippen molar-refractivity contribution >= 4 is 32.8 Å². The van der Waals surface area contributed by atoms with Crippen LogP contribution in [0.25, 0.3) is 94.5 Å². The maximum Gasteiger partial charge on any atom is 0.269 e. The van der Waals surface area contributed by atoms with Crippen molar-refractivity contribution in [3.8, 4) is 73.2 Å². The van der Waals surface area contributed by atoms with E-state index in [1.165, 1.54) is 17.8 Å². The van der Waals surface area contributed by atoms with Crippen molar-refractivity contribution in [2.45, 2.75) is 85.4 Å². The molecule has 5 nitrogen and oxygen atoms in total. The van der Waals surface area contributed by atoms with Gasteiger partial charge in [-0.1, -0.05) is 220 Å². The number of aromatic nitrogens is 4.